The van der Waals surface area contributed by atoms with Gasteiger partial charge in [-0.15, -0.1) is 0 Å². The second-order valence-corrected chi connectivity index (χ2v) is 8.18. The van der Waals surface area contributed by atoms with Gasteiger partial charge in [-0.25, -0.2) is 9.97 Å². The molecule has 0 spiro atoms. The van der Waals surface area contributed by atoms with E-state index in [1.807, 2.05) is 0 Å². The third-order valence-corrected chi connectivity index (χ3v) is 5.79. The van der Waals surface area contributed by atoms with Crippen LogP contribution in [0.1, 0.15) is 22.5 Å². The molecule has 0 atom stereocenters. The van der Waals surface area contributed by atoms with Crippen molar-refractivity contribution in [2.75, 3.05) is 0 Å². The SMILES string of the molecule is c1ccc(C[NH2+]Cc2ccc3ccc4ccc(C[NH2+]Cc5ccccc5)nc4c3n2)cc1. The minimum atomic E-state index is 0.853. The standard InChI is InChI=1S/C28H26N4/c1-3-7-21(8-4-1)17-29-19-25-15-13-23-11-12-24-14-16-26(32-28(24)27(23)31-25)20-30-18-22-9-5-2-6-10-22/h1-16,29-30H,17-20H2/p+2. The molecule has 4 nitrogen and oxygen atoms in total. The van der Waals surface area contributed by atoms with E-state index < -0.39 is 0 Å². The van der Waals surface area contributed by atoms with E-state index in [0.29, 0.717) is 0 Å². The molecule has 4 N–H and O–H groups in total. The Morgan fingerprint density at radius 3 is 1.28 bits per heavy atom. The summed E-state index contributed by atoms with van der Waals surface area (Å²) in [5.74, 6) is 0. The van der Waals surface area contributed by atoms with Crippen LogP contribution in [0.5, 0.6) is 0 Å². The molecule has 0 saturated heterocycles. The lowest BCUT2D eigenvalue weighted by atomic mass is 10.1. The normalized spacial score (nSPS) is 11.2. The van der Waals surface area contributed by atoms with Crippen molar-refractivity contribution in [2.24, 2.45) is 0 Å². The van der Waals surface area contributed by atoms with E-state index in [4.69, 9.17) is 9.97 Å². The Labute approximate surface area is 188 Å². The maximum Gasteiger partial charge on any atom is 0.119 e. The minimum absolute atomic E-state index is 0.853. The molecule has 4 heteroatoms. The van der Waals surface area contributed by atoms with Crippen LogP contribution in [0.2, 0.25) is 0 Å². The topological polar surface area (TPSA) is 59.0 Å². The third kappa shape index (κ3) is 4.83. The Morgan fingerprint density at radius 2 is 0.844 bits per heavy atom. The summed E-state index contributed by atoms with van der Waals surface area (Å²) in [5, 5.41) is 6.88. The van der Waals surface area contributed by atoms with Crippen LogP contribution < -0.4 is 10.6 Å². The number of fused-ring (bicyclic) bond motifs is 3. The van der Waals surface area contributed by atoms with Crippen molar-refractivity contribution in [3.05, 3.63) is 120 Å². The molecule has 3 aromatic carbocycles. The minimum Gasteiger partial charge on any atom is -0.337 e. The zero-order valence-corrected chi connectivity index (χ0v) is 18.1. The van der Waals surface area contributed by atoms with Crippen LogP contribution in [-0.2, 0) is 26.2 Å². The number of quaternary nitrogens is 2. The zero-order chi connectivity index (χ0) is 21.6. The van der Waals surface area contributed by atoms with Crippen molar-refractivity contribution < 1.29 is 10.6 Å². The Kier molecular flexibility index (Phi) is 6.15. The van der Waals surface area contributed by atoms with Crippen molar-refractivity contribution >= 4 is 21.8 Å². The van der Waals surface area contributed by atoms with Gasteiger partial charge in [-0.05, 0) is 12.1 Å². The van der Waals surface area contributed by atoms with Crippen LogP contribution in [0.15, 0.2) is 97.1 Å². The fourth-order valence-corrected chi connectivity index (χ4v) is 4.08. The molecule has 2 heterocycles. The van der Waals surface area contributed by atoms with Crippen LogP contribution in [0.4, 0.5) is 0 Å². The van der Waals surface area contributed by atoms with E-state index in [1.165, 1.54) is 11.1 Å². The highest BCUT2D eigenvalue weighted by Crippen LogP contribution is 2.23. The first-order valence-electron chi connectivity index (χ1n) is 11.2. The molecule has 32 heavy (non-hydrogen) atoms. The van der Waals surface area contributed by atoms with Crippen molar-refractivity contribution in [2.45, 2.75) is 26.2 Å². The molecule has 0 fully saturated rings. The van der Waals surface area contributed by atoms with E-state index in [-0.39, 0.29) is 0 Å². The van der Waals surface area contributed by atoms with Gasteiger partial charge in [0.05, 0.1) is 22.4 Å². The number of nitrogens with two attached hydrogens (primary N) is 2. The van der Waals surface area contributed by atoms with Gasteiger partial charge in [0.25, 0.3) is 0 Å². The summed E-state index contributed by atoms with van der Waals surface area (Å²) in [7, 11) is 0. The van der Waals surface area contributed by atoms with Gasteiger partial charge in [-0.1, -0.05) is 84.9 Å². The smallest absolute Gasteiger partial charge is 0.119 e. The molecule has 0 amide bonds. The fraction of sp³-hybridized carbons (Fsp3) is 0.143. The molecule has 0 bridgehead atoms. The maximum absolute atomic E-state index is 5.00. The summed E-state index contributed by atoms with van der Waals surface area (Å²) in [5.41, 5.74) is 6.83. The average molecular weight is 421 g/mol. The Morgan fingerprint density at radius 1 is 0.438 bits per heavy atom. The van der Waals surface area contributed by atoms with E-state index in [9.17, 15) is 0 Å². The van der Waals surface area contributed by atoms with Crippen molar-refractivity contribution in [1.29, 1.82) is 0 Å². The van der Waals surface area contributed by atoms with Gasteiger partial charge >= 0.3 is 0 Å². The second-order valence-electron chi connectivity index (χ2n) is 8.18. The summed E-state index contributed by atoms with van der Waals surface area (Å²) in [6.45, 7) is 3.61. The number of aromatic nitrogens is 2. The molecule has 2 aromatic heterocycles. The first-order valence-corrected chi connectivity index (χ1v) is 11.2. The summed E-state index contributed by atoms with van der Waals surface area (Å²) >= 11 is 0. The number of pyridine rings is 2. The van der Waals surface area contributed by atoms with Gasteiger partial charge in [0.2, 0.25) is 0 Å². The molecule has 0 radical (unpaired) electrons. The largest absolute Gasteiger partial charge is 0.337 e. The highest BCUT2D eigenvalue weighted by molar-refractivity contribution is 6.02. The molecular formula is C28H28N4+2. The maximum atomic E-state index is 5.00. The number of nitrogens with zero attached hydrogens (tertiary/aromatic N) is 2. The first kappa shape index (κ1) is 20.3. The summed E-state index contributed by atoms with van der Waals surface area (Å²) in [6.07, 6.45) is 0. The lowest BCUT2D eigenvalue weighted by Gasteiger charge is -2.08. The van der Waals surface area contributed by atoms with Gasteiger partial charge in [-0.2, -0.15) is 0 Å². The number of hydrogen-bond acceptors (Lipinski definition) is 2. The molecule has 158 valence electrons. The van der Waals surface area contributed by atoms with Gasteiger partial charge < -0.3 is 10.6 Å². The molecule has 5 rings (SSSR count). The van der Waals surface area contributed by atoms with Crippen molar-refractivity contribution in [3.8, 4) is 0 Å². The lowest BCUT2D eigenvalue weighted by molar-refractivity contribution is -0.686. The molecule has 0 aliphatic carbocycles. The van der Waals surface area contributed by atoms with Gasteiger partial charge in [0.1, 0.15) is 26.2 Å². The number of hydrogen-bond donors (Lipinski definition) is 2. The van der Waals surface area contributed by atoms with E-state index in [0.717, 1.165) is 59.4 Å². The monoisotopic (exact) mass is 420 g/mol. The molecule has 0 unspecified atom stereocenters. The van der Waals surface area contributed by atoms with Gasteiger partial charge in [-0.3, -0.25) is 0 Å². The van der Waals surface area contributed by atoms with Crippen molar-refractivity contribution in [3.63, 3.8) is 0 Å². The van der Waals surface area contributed by atoms with Crippen LogP contribution in [0.3, 0.4) is 0 Å². The molecule has 0 aliphatic rings. The zero-order valence-electron chi connectivity index (χ0n) is 18.1. The summed E-state index contributed by atoms with van der Waals surface area (Å²) < 4.78 is 0. The Balaban J connectivity index is 1.33. The molecule has 0 aliphatic heterocycles. The van der Waals surface area contributed by atoms with Gasteiger partial charge in [0, 0.05) is 21.9 Å². The van der Waals surface area contributed by atoms with E-state index >= 15 is 0 Å². The van der Waals surface area contributed by atoms with Crippen LogP contribution >= 0.6 is 0 Å². The predicted molar refractivity (Wildman–Crippen MR) is 129 cm³/mol. The summed E-state index contributed by atoms with van der Waals surface area (Å²) in [4.78, 5) is 10.00. The third-order valence-electron chi connectivity index (χ3n) is 5.79. The van der Waals surface area contributed by atoms with Crippen LogP contribution in [0, 0.1) is 0 Å². The van der Waals surface area contributed by atoms with Crippen LogP contribution in [0.25, 0.3) is 21.8 Å². The average Bonchev–Trinajstić information content (AvgIpc) is 2.85. The highest BCUT2D eigenvalue weighted by Gasteiger charge is 2.08. The number of rotatable bonds is 8. The predicted octanol–water partition coefficient (Wildman–Crippen LogP) is 3.31. The summed E-state index contributed by atoms with van der Waals surface area (Å²) in [6, 6.07) is 34.0. The van der Waals surface area contributed by atoms with Crippen LogP contribution in [-0.4, -0.2) is 9.97 Å². The molecule has 5 aromatic rings. The Hall–Kier alpha value is -3.60. The van der Waals surface area contributed by atoms with E-state index in [2.05, 4.69) is 108 Å². The lowest BCUT2D eigenvalue weighted by Crippen LogP contribution is -2.80. The van der Waals surface area contributed by atoms with Crippen molar-refractivity contribution in [1.82, 2.24) is 9.97 Å². The first-order chi connectivity index (χ1) is 15.8. The van der Waals surface area contributed by atoms with Gasteiger partial charge in [0.15, 0.2) is 0 Å². The highest BCUT2D eigenvalue weighted by atomic mass is 14.9. The molecular weight excluding hydrogens is 392 g/mol. The quantitative estimate of drug-likeness (QED) is 0.379. The Bertz CT molecular complexity index is 1210. The second kappa shape index (κ2) is 9.69. The fourth-order valence-electron chi connectivity index (χ4n) is 4.08. The molecule has 0 saturated carbocycles. The van der Waals surface area contributed by atoms with E-state index in [1.54, 1.807) is 0 Å². The number of benzene rings is 3.